The number of benzene rings is 2. The Morgan fingerprint density at radius 2 is 1.62 bits per heavy atom. The van der Waals surface area contributed by atoms with Gasteiger partial charge in [0.25, 0.3) is 0 Å². The lowest BCUT2D eigenvalue weighted by molar-refractivity contribution is 0.500. The van der Waals surface area contributed by atoms with Crippen LogP contribution in [0.5, 0.6) is 0 Å². The average Bonchev–Trinajstić information content (AvgIpc) is 2.92. The van der Waals surface area contributed by atoms with Crippen molar-refractivity contribution in [2.24, 2.45) is 0 Å². The van der Waals surface area contributed by atoms with Crippen molar-refractivity contribution in [1.82, 2.24) is 5.32 Å². The quantitative estimate of drug-likeness (QED) is 0.658. The van der Waals surface area contributed by atoms with Crippen molar-refractivity contribution < 1.29 is 0 Å². The number of hydrogen-bond donors (Lipinski definition) is 1. The third-order valence-corrected chi connectivity index (χ3v) is 5.25. The Bertz CT molecular complexity index is 694. The highest BCUT2D eigenvalue weighted by atomic mass is 32.1. The van der Waals surface area contributed by atoms with Crippen molar-refractivity contribution in [1.29, 1.82) is 0 Å². The van der Waals surface area contributed by atoms with Gasteiger partial charge in [0.2, 0.25) is 0 Å². The van der Waals surface area contributed by atoms with Gasteiger partial charge in [-0.25, -0.2) is 0 Å². The molecule has 1 N–H and O–H groups in total. The fourth-order valence-electron chi connectivity index (χ4n) is 2.62. The molecule has 0 spiro atoms. The second kappa shape index (κ2) is 6.00. The van der Waals surface area contributed by atoms with Crippen molar-refractivity contribution in [2.75, 3.05) is 0 Å². The molecule has 1 nitrogen and oxygen atoms in total. The zero-order chi connectivity index (χ0) is 14.8. The Balaban J connectivity index is 1.75. The topological polar surface area (TPSA) is 12.0 Å². The lowest BCUT2D eigenvalue weighted by atomic mass is 10.1. The predicted octanol–water partition coefficient (Wildman–Crippen LogP) is 5.62. The van der Waals surface area contributed by atoms with E-state index in [1.54, 1.807) is 0 Å². The first kappa shape index (κ1) is 14.3. The summed E-state index contributed by atoms with van der Waals surface area (Å²) < 4.78 is 1.36. The van der Waals surface area contributed by atoms with Gasteiger partial charge < -0.3 is 5.32 Å². The van der Waals surface area contributed by atoms with Gasteiger partial charge in [0.05, 0.1) is 0 Å². The SMILES string of the molecule is Cc1ccc(C(C)NC(C)c2cc3ccccc3s2)cc1. The van der Waals surface area contributed by atoms with Gasteiger partial charge in [-0.05, 0) is 43.9 Å². The molecule has 0 amide bonds. The van der Waals surface area contributed by atoms with Crippen LogP contribution in [0.2, 0.25) is 0 Å². The largest absolute Gasteiger partial charge is 0.303 e. The minimum atomic E-state index is 0.353. The Hall–Kier alpha value is -1.64. The molecule has 2 aromatic carbocycles. The lowest BCUT2D eigenvalue weighted by Gasteiger charge is -2.19. The van der Waals surface area contributed by atoms with Crippen molar-refractivity contribution in [3.05, 3.63) is 70.6 Å². The van der Waals surface area contributed by atoms with Crippen molar-refractivity contribution in [3.8, 4) is 0 Å². The van der Waals surface area contributed by atoms with Crippen LogP contribution in [0.1, 0.15) is 41.9 Å². The fraction of sp³-hybridized carbons (Fsp3) is 0.263. The van der Waals surface area contributed by atoms with Crippen LogP contribution in [-0.2, 0) is 0 Å². The van der Waals surface area contributed by atoms with E-state index in [0.717, 1.165) is 0 Å². The van der Waals surface area contributed by atoms with E-state index >= 15 is 0 Å². The Morgan fingerprint density at radius 3 is 2.33 bits per heavy atom. The number of nitrogens with one attached hydrogen (secondary N) is 1. The molecular formula is C19H21NS. The van der Waals surface area contributed by atoms with Gasteiger partial charge in [0.15, 0.2) is 0 Å². The van der Waals surface area contributed by atoms with Gasteiger partial charge in [0.1, 0.15) is 0 Å². The first-order chi connectivity index (χ1) is 10.1. The summed E-state index contributed by atoms with van der Waals surface area (Å²) in [7, 11) is 0. The van der Waals surface area contributed by atoms with E-state index in [-0.39, 0.29) is 0 Å². The zero-order valence-electron chi connectivity index (χ0n) is 12.8. The molecule has 0 saturated carbocycles. The molecule has 3 aromatic rings. The molecule has 1 aromatic heterocycles. The third kappa shape index (κ3) is 3.17. The molecule has 2 unspecified atom stereocenters. The smallest absolute Gasteiger partial charge is 0.0391 e. The number of fused-ring (bicyclic) bond motifs is 1. The van der Waals surface area contributed by atoms with Crippen LogP contribution in [0.15, 0.2) is 54.6 Å². The van der Waals surface area contributed by atoms with Crippen molar-refractivity contribution in [3.63, 3.8) is 0 Å². The average molecular weight is 295 g/mol. The summed E-state index contributed by atoms with van der Waals surface area (Å²) in [6.45, 7) is 6.60. The van der Waals surface area contributed by atoms with E-state index in [1.165, 1.54) is 26.1 Å². The summed E-state index contributed by atoms with van der Waals surface area (Å²) in [6, 6.07) is 20.4. The zero-order valence-corrected chi connectivity index (χ0v) is 13.6. The van der Waals surface area contributed by atoms with Crippen LogP contribution < -0.4 is 5.32 Å². The Morgan fingerprint density at radius 1 is 0.905 bits per heavy atom. The molecule has 0 saturated heterocycles. The Kier molecular flexibility index (Phi) is 4.09. The van der Waals surface area contributed by atoms with Crippen LogP contribution in [0.3, 0.4) is 0 Å². The highest BCUT2D eigenvalue weighted by Crippen LogP contribution is 2.30. The van der Waals surface area contributed by atoms with E-state index < -0.39 is 0 Å². The van der Waals surface area contributed by atoms with E-state index in [0.29, 0.717) is 12.1 Å². The van der Waals surface area contributed by atoms with Crippen molar-refractivity contribution in [2.45, 2.75) is 32.9 Å². The van der Waals surface area contributed by atoms with Crippen molar-refractivity contribution >= 4 is 21.4 Å². The van der Waals surface area contributed by atoms with Gasteiger partial charge in [-0.1, -0.05) is 48.0 Å². The maximum atomic E-state index is 3.70. The van der Waals surface area contributed by atoms with E-state index in [2.05, 4.69) is 80.7 Å². The highest BCUT2D eigenvalue weighted by Gasteiger charge is 2.13. The van der Waals surface area contributed by atoms with Gasteiger partial charge >= 0.3 is 0 Å². The molecule has 1 heterocycles. The van der Waals surface area contributed by atoms with E-state index in [1.807, 2.05) is 11.3 Å². The molecule has 21 heavy (non-hydrogen) atoms. The molecular weight excluding hydrogens is 274 g/mol. The fourth-order valence-corrected chi connectivity index (χ4v) is 3.70. The normalized spacial score (nSPS) is 14.2. The molecule has 2 atom stereocenters. The number of aryl methyl sites for hydroxylation is 1. The van der Waals surface area contributed by atoms with Crippen LogP contribution in [0.4, 0.5) is 0 Å². The molecule has 0 aliphatic heterocycles. The molecule has 0 radical (unpaired) electrons. The van der Waals surface area contributed by atoms with Gasteiger partial charge in [0, 0.05) is 21.7 Å². The Labute approximate surface area is 130 Å². The van der Waals surface area contributed by atoms with Gasteiger partial charge in [-0.3, -0.25) is 0 Å². The maximum Gasteiger partial charge on any atom is 0.0391 e. The number of hydrogen-bond acceptors (Lipinski definition) is 2. The molecule has 0 fully saturated rings. The second-order valence-corrected chi connectivity index (χ2v) is 6.82. The standard InChI is InChI=1S/C19H21NS/c1-13-8-10-16(11-9-13)14(2)20-15(3)19-12-17-6-4-5-7-18(17)21-19/h4-12,14-15,20H,1-3H3. The van der Waals surface area contributed by atoms with Gasteiger partial charge in [-0.2, -0.15) is 0 Å². The maximum absolute atomic E-state index is 3.70. The number of thiophene rings is 1. The molecule has 2 heteroatoms. The third-order valence-electron chi connectivity index (χ3n) is 3.95. The van der Waals surface area contributed by atoms with Crippen LogP contribution in [0.25, 0.3) is 10.1 Å². The first-order valence-corrected chi connectivity index (χ1v) is 8.26. The lowest BCUT2D eigenvalue weighted by Crippen LogP contribution is -2.21. The molecule has 0 aliphatic carbocycles. The summed E-state index contributed by atoms with van der Waals surface area (Å²) in [5.41, 5.74) is 2.65. The van der Waals surface area contributed by atoms with Gasteiger partial charge in [-0.15, -0.1) is 11.3 Å². The summed E-state index contributed by atoms with van der Waals surface area (Å²) >= 11 is 1.88. The summed E-state index contributed by atoms with van der Waals surface area (Å²) in [5.74, 6) is 0. The summed E-state index contributed by atoms with van der Waals surface area (Å²) in [6.07, 6.45) is 0. The monoisotopic (exact) mass is 295 g/mol. The van der Waals surface area contributed by atoms with E-state index in [4.69, 9.17) is 0 Å². The summed E-state index contributed by atoms with van der Waals surface area (Å²) in [4.78, 5) is 1.40. The minimum absolute atomic E-state index is 0.353. The predicted molar refractivity (Wildman–Crippen MR) is 93.0 cm³/mol. The first-order valence-electron chi connectivity index (χ1n) is 7.44. The second-order valence-electron chi connectivity index (χ2n) is 5.71. The highest BCUT2D eigenvalue weighted by molar-refractivity contribution is 7.19. The van der Waals surface area contributed by atoms with Crippen LogP contribution in [0, 0.1) is 6.92 Å². The molecule has 108 valence electrons. The van der Waals surface area contributed by atoms with Crippen LogP contribution >= 0.6 is 11.3 Å². The molecule has 3 rings (SSSR count). The minimum Gasteiger partial charge on any atom is -0.303 e. The molecule has 0 aliphatic rings. The summed E-state index contributed by atoms with van der Waals surface area (Å²) in [5, 5.41) is 5.05. The van der Waals surface area contributed by atoms with Crippen LogP contribution in [-0.4, -0.2) is 0 Å². The molecule has 0 bridgehead atoms. The van der Waals surface area contributed by atoms with E-state index in [9.17, 15) is 0 Å². The number of rotatable bonds is 4.